The highest BCUT2D eigenvalue weighted by atomic mass is 32.2. The lowest BCUT2D eigenvalue weighted by Gasteiger charge is -2.16. The van der Waals surface area contributed by atoms with E-state index in [-0.39, 0.29) is 36.9 Å². The van der Waals surface area contributed by atoms with Gasteiger partial charge in [0.05, 0.1) is 12.1 Å². The Bertz CT molecular complexity index is 939. The van der Waals surface area contributed by atoms with E-state index in [1.54, 1.807) is 0 Å². The number of nitrogens with one attached hydrogen (secondary N) is 3. The van der Waals surface area contributed by atoms with Gasteiger partial charge in [0.2, 0.25) is 40.7 Å². The van der Waals surface area contributed by atoms with E-state index < -0.39 is 40.8 Å². The van der Waals surface area contributed by atoms with Crippen molar-refractivity contribution in [1.82, 2.24) is 16.0 Å². The number of unbranched alkanes of at least 4 members (excludes halogenated alkanes) is 3. The normalized spacial score (nSPS) is 20.8. The molecule has 0 radical (unpaired) electrons. The van der Waals surface area contributed by atoms with E-state index in [1.807, 2.05) is 11.8 Å². The molecule has 3 rings (SSSR count). The summed E-state index contributed by atoms with van der Waals surface area (Å²) in [5.41, 5.74) is 0. The fraction of sp³-hybridized carbons (Fsp3) is 0.591. The molecule has 2 aliphatic rings. The van der Waals surface area contributed by atoms with Gasteiger partial charge in [0.25, 0.3) is 0 Å². The van der Waals surface area contributed by atoms with Gasteiger partial charge in [0, 0.05) is 30.4 Å². The van der Waals surface area contributed by atoms with Crippen LogP contribution in [-0.4, -0.2) is 47.5 Å². The minimum Gasteiger partial charge on any atom is -0.420 e. The van der Waals surface area contributed by atoms with Gasteiger partial charge in [-0.1, -0.05) is 12.8 Å². The number of amides is 3. The van der Waals surface area contributed by atoms with Crippen LogP contribution in [-0.2, 0) is 9.59 Å². The molecule has 3 N–H and O–H groups in total. The monoisotopic (exact) mass is 523 g/mol. The van der Waals surface area contributed by atoms with Crippen molar-refractivity contribution in [3.63, 3.8) is 0 Å². The maximum atomic E-state index is 13.5. The van der Waals surface area contributed by atoms with Crippen LogP contribution in [0.5, 0.6) is 5.75 Å². The van der Waals surface area contributed by atoms with E-state index in [2.05, 4.69) is 20.7 Å². The highest BCUT2D eigenvalue weighted by molar-refractivity contribution is 8.00. The van der Waals surface area contributed by atoms with Gasteiger partial charge in [0.1, 0.15) is 0 Å². The van der Waals surface area contributed by atoms with Crippen molar-refractivity contribution in [3.8, 4) is 5.75 Å². The van der Waals surface area contributed by atoms with E-state index >= 15 is 0 Å². The molecule has 1 aromatic rings. The van der Waals surface area contributed by atoms with Crippen molar-refractivity contribution in [2.24, 2.45) is 0 Å². The van der Waals surface area contributed by atoms with E-state index in [1.165, 1.54) is 0 Å². The number of hydrogen-bond acceptors (Lipinski definition) is 5. The number of rotatable bonds is 12. The summed E-state index contributed by atoms with van der Waals surface area (Å²) < 4.78 is 70.6. The van der Waals surface area contributed by atoms with Crippen molar-refractivity contribution >= 4 is 29.7 Å². The van der Waals surface area contributed by atoms with Crippen LogP contribution >= 0.6 is 11.8 Å². The predicted octanol–water partition coefficient (Wildman–Crippen LogP) is 3.69. The van der Waals surface area contributed by atoms with Gasteiger partial charge >= 0.3 is 12.0 Å². The van der Waals surface area contributed by atoms with E-state index in [0.717, 1.165) is 25.0 Å². The zero-order valence-electron chi connectivity index (χ0n) is 18.7. The Hall–Kier alpha value is -2.57. The van der Waals surface area contributed by atoms with E-state index in [4.69, 9.17) is 0 Å². The van der Waals surface area contributed by atoms with Crippen molar-refractivity contribution in [3.05, 3.63) is 29.1 Å². The zero-order chi connectivity index (χ0) is 25.5. The Morgan fingerprint density at radius 2 is 1.54 bits per heavy atom. The second-order valence-corrected chi connectivity index (χ2v) is 9.67. The van der Waals surface area contributed by atoms with Gasteiger partial charge in [-0.15, -0.1) is 0 Å². The van der Waals surface area contributed by atoms with E-state index in [0.29, 0.717) is 31.1 Å². The molecule has 7 nitrogen and oxygen atoms in total. The van der Waals surface area contributed by atoms with Crippen molar-refractivity contribution in [2.75, 3.05) is 12.3 Å². The summed E-state index contributed by atoms with van der Waals surface area (Å²) >= 11 is 1.83. The minimum atomic E-state index is -2.33. The largest absolute Gasteiger partial charge is 0.420 e. The third kappa shape index (κ3) is 6.98. The van der Waals surface area contributed by atoms with Crippen LogP contribution in [0.4, 0.5) is 26.7 Å². The maximum Gasteiger partial charge on any atom is 0.315 e. The summed E-state index contributed by atoms with van der Waals surface area (Å²) in [7, 11) is 0. The molecule has 0 aromatic heterocycles. The number of carbonyl (C=O) groups is 3. The van der Waals surface area contributed by atoms with Crippen LogP contribution in [0.25, 0.3) is 0 Å². The Balaban J connectivity index is 1.23. The average molecular weight is 524 g/mol. The summed E-state index contributed by atoms with van der Waals surface area (Å²) in [4.78, 5) is 35.0. The van der Waals surface area contributed by atoms with Crippen LogP contribution in [0, 0.1) is 29.1 Å². The summed E-state index contributed by atoms with van der Waals surface area (Å²) in [6.07, 6.45) is 3.87. The van der Waals surface area contributed by atoms with E-state index in [9.17, 15) is 36.3 Å². The molecule has 0 aliphatic carbocycles. The van der Waals surface area contributed by atoms with Crippen LogP contribution in [0.1, 0.15) is 51.4 Å². The number of esters is 1. The van der Waals surface area contributed by atoms with Crippen molar-refractivity contribution in [1.29, 1.82) is 0 Å². The van der Waals surface area contributed by atoms with Gasteiger partial charge in [-0.25, -0.2) is 18.0 Å². The molecule has 35 heavy (non-hydrogen) atoms. The Kier molecular flexibility index (Phi) is 9.58. The molecular weight excluding hydrogens is 497 g/mol. The minimum absolute atomic E-state index is 0.0940. The summed E-state index contributed by atoms with van der Waals surface area (Å²) in [6.45, 7) is 0.380. The molecule has 3 amide bonds. The highest BCUT2D eigenvalue weighted by Gasteiger charge is 2.42. The molecule has 194 valence electrons. The standard InChI is InChI=1S/C22H26F5N3O4S/c23-15-16(24)18(26)21(19(27)17(15)25)34-14(32)8-2-1-5-9-28-13(31)7-4-3-6-12-20-11(10-35-12)29-22(33)30-20/h11-12,20H,1-10H2,(H,28,31)(H2,29,30,33)/t11-,12-,20-/m0/s1. The fourth-order valence-corrected chi connectivity index (χ4v) is 5.54. The van der Waals surface area contributed by atoms with Crippen molar-refractivity contribution in [2.45, 2.75) is 68.7 Å². The van der Waals surface area contributed by atoms with Crippen LogP contribution in [0.15, 0.2) is 0 Å². The van der Waals surface area contributed by atoms with Gasteiger partial charge < -0.3 is 20.7 Å². The molecule has 1 aromatic carbocycles. The van der Waals surface area contributed by atoms with Gasteiger partial charge in [-0.05, 0) is 25.7 Å². The molecular formula is C22H26F5N3O4S. The van der Waals surface area contributed by atoms with Crippen LogP contribution < -0.4 is 20.7 Å². The van der Waals surface area contributed by atoms with Gasteiger partial charge in [-0.2, -0.15) is 20.5 Å². The number of urea groups is 1. The first-order valence-corrected chi connectivity index (χ1v) is 12.4. The molecule has 2 saturated heterocycles. The topological polar surface area (TPSA) is 96.5 Å². The number of benzene rings is 1. The third-order valence-electron chi connectivity index (χ3n) is 5.85. The first-order valence-electron chi connectivity index (χ1n) is 11.4. The molecule has 0 spiro atoms. The fourth-order valence-electron chi connectivity index (χ4n) is 4.00. The third-order valence-corrected chi connectivity index (χ3v) is 7.35. The molecule has 0 saturated carbocycles. The summed E-state index contributed by atoms with van der Waals surface area (Å²) in [5.74, 6) is -13.1. The Morgan fingerprint density at radius 1 is 0.886 bits per heavy atom. The lowest BCUT2D eigenvalue weighted by Crippen LogP contribution is -2.36. The SMILES string of the molecule is O=C(CCCC[C@@H]1SC[C@@H]2NC(=O)N[C@@H]21)NCCCCCC(=O)Oc1c(F)c(F)c(F)c(F)c1F. The number of thioether (sulfide) groups is 1. The maximum absolute atomic E-state index is 13.5. The van der Waals surface area contributed by atoms with Crippen molar-refractivity contribution < 1.29 is 41.1 Å². The molecule has 3 atom stereocenters. The molecule has 0 unspecified atom stereocenters. The predicted molar refractivity (Wildman–Crippen MR) is 117 cm³/mol. The number of hydrogen-bond donors (Lipinski definition) is 3. The van der Waals surface area contributed by atoms with Gasteiger partial charge in [0.15, 0.2) is 0 Å². The second kappa shape index (κ2) is 12.4. The molecule has 0 bridgehead atoms. The average Bonchev–Trinajstić information content (AvgIpc) is 3.38. The number of ether oxygens (including phenoxy) is 1. The first kappa shape index (κ1) is 27.0. The Labute approximate surface area is 202 Å². The highest BCUT2D eigenvalue weighted by Crippen LogP contribution is 2.33. The van der Waals surface area contributed by atoms with Crippen LogP contribution in [0.2, 0.25) is 0 Å². The second-order valence-electron chi connectivity index (χ2n) is 8.40. The smallest absolute Gasteiger partial charge is 0.315 e. The zero-order valence-corrected chi connectivity index (χ0v) is 19.6. The molecule has 2 fully saturated rings. The van der Waals surface area contributed by atoms with Crippen LogP contribution in [0.3, 0.4) is 0 Å². The number of fused-ring (bicyclic) bond motifs is 1. The molecule has 2 heterocycles. The quantitative estimate of drug-likeness (QED) is 0.0739. The molecule has 13 heteroatoms. The lowest BCUT2D eigenvalue weighted by molar-refractivity contribution is -0.135. The number of carbonyl (C=O) groups excluding carboxylic acids is 3. The Morgan fingerprint density at radius 3 is 2.26 bits per heavy atom. The van der Waals surface area contributed by atoms with Gasteiger partial charge in [-0.3, -0.25) is 9.59 Å². The first-order chi connectivity index (χ1) is 16.7. The number of halogens is 5. The summed E-state index contributed by atoms with van der Waals surface area (Å²) in [5, 5.41) is 8.94. The summed E-state index contributed by atoms with van der Waals surface area (Å²) in [6, 6.07) is 0.205. The lowest BCUT2D eigenvalue weighted by atomic mass is 10.0. The molecule has 2 aliphatic heterocycles.